The van der Waals surface area contributed by atoms with E-state index in [1.807, 2.05) is 0 Å². The number of aromatic nitrogens is 4. The number of sulfonamides is 1. The summed E-state index contributed by atoms with van der Waals surface area (Å²) in [4.78, 5) is 3.91. The molecule has 0 atom stereocenters. The van der Waals surface area contributed by atoms with E-state index in [9.17, 15) is 17.2 Å². The Kier molecular flexibility index (Phi) is 4.93. The van der Waals surface area contributed by atoms with Crippen molar-refractivity contribution in [2.24, 2.45) is 0 Å². The van der Waals surface area contributed by atoms with Crippen LogP contribution in [0.1, 0.15) is 24.9 Å². The van der Waals surface area contributed by atoms with Crippen LogP contribution in [0.2, 0.25) is 0 Å². The molecule has 0 bridgehead atoms. The van der Waals surface area contributed by atoms with Gasteiger partial charge in [-0.3, -0.25) is 9.29 Å². The van der Waals surface area contributed by atoms with E-state index in [2.05, 4.69) is 20.3 Å². The minimum atomic E-state index is -3.61. The van der Waals surface area contributed by atoms with E-state index in [1.54, 1.807) is 12.1 Å². The van der Waals surface area contributed by atoms with Gasteiger partial charge in [-0.05, 0) is 19.1 Å². The van der Waals surface area contributed by atoms with Gasteiger partial charge in [0, 0.05) is 12.3 Å². The highest BCUT2D eigenvalue weighted by molar-refractivity contribution is 7.92. The normalized spacial score (nSPS) is 11.8. The lowest BCUT2D eigenvalue weighted by Crippen LogP contribution is -2.32. The van der Waals surface area contributed by atoms with Crippen LogP contribution in [-0.2, 0) is 16.6 Å². The van der Waals surface area contributed by atoms with E-state index in [4.69, 9.17) is 8.94 Å². The molecule has 3 aromatic heterocycles. The third kappa shape index (κ3) is 3.69. The summed E-state index contributed by atoms with van der Waals surface area (Å²) in [5, 5.41) is 10.4. The standard InChI is InChI=1S/C14H13F2N5O4S/c1-2-26(22,23)21(10-4-3-5-17-7-10)8-9-6-11(25-20-9)13-18-19-14(24-13)12(15)16/h3-7,12H,2,8H2,1H3. The lowest BCUT2D eigenvalue weighted by atomic mass is 10.3. The molecule has 0 aromatic carbocycles. The molecule has 138 valence electrons. The van der Waals surface area contributed by atoms with Crippen LogP contribution in [0.3, 0.4) is 0 Å². The van der Waals surface area contributed by atoms with E-state index >= 15 is 0 Å². The summed E-state index contributed by atoms with van der Waals surface area (Å²) in [6, 6.07) is 4.54. The molecule has 9 nitrogen and oxygen atoms in total. The van der Waals surface area contributed by atoms with Crippen molar-refractivity contribution in [3.63, 3.8) is 0 Å². The van der Waals surface area contributed by atoms with Gasteiger partial charge in [0.15, 0.2) is 0 Å². The molecule has 0 N–H and O–H groups in total. The van der Waals surface area contributed by atoms with Crippen LogP contribution in [-0.4, -0.2) is 34.5 Å². The topological polar surface area (TPSA) is 115 Å². The Labute approximate surface area is 146 Å². The van der Waals surface area contributed by atoms with E-state index in [0.29, 0.717) is 5.69 Å². The SMILES string of the molecule is CCS(=O)(=O)N(Cc1cc(-c2nnc(C(F)F)o2)on1)c1cccnc1. The highest BCUT2D eigenvalue weighted by Crippen LogP contribution is 2.25. The predicted molar refractivity (Wildman–Crippen MR) is 84.6 cm³/mol. The number of alkyl halides is 2. The van der Waals surface area contributed by atoms with E-state index < -0.39 is 22.3 Å². The zero-order valence-corrected chi connectivity index (χ0v) is 14.2. The highest BCUT2D eigenvalue weighted by atomic mass is 32.2. The number of hydrogen-bond donors (Lipinski definition) is 0. The molecule has 0 aliphatic carbocycles. The second kappa shape index (κ2) is 7.15. The molecule has 0 aliphatic rings. The van der Waals surface area contributed by atoms with Gasteiger partial charge in [-0.2, -0.15) is 8.78 Å². The molecule has 0 saturated heterocycles. The quantitative estimate of drug-likeness (QED) is 0.609. The summed E-state index contributed by atoms with van der Waals surface area (Å²) in [6.07, 6.45) is 0.0144. The first-order valence-electron chi connectivity index (χ1n) is 7.38. The lowest BCUT2D eigenvalue weighted by molar-refractivity contribution is 0.115. The van der Waals surface area contributed by atoms with Crippen LogP contribution in [0.15, 0.2) is 39.5 Å². The molecule has 3 aromatic rings. The third-order valence-electron chi connectivity index (χ3n) is 3.34. The zero-order chi connectivity index (χ0) is 18.7. The van der Waals surface area contributed by atoms with E-state index in [1.165, 1.54) is 25.4 Å². The molecule has 0 aliphatic heterocycles. The van der Waals surface area contributed by atoms with Gasteiger partial charge >= 0.3 is 6.43 Å². The number of nitrogens with zero attached hydrogens (tertiary/aromatic N) is 5. The van der Waals surface area contributed by atoms with Crippen molar-refractivity contribution in [3.05, 3.63) is 42.2 Å². The monoisotopic (exact) mass is 385 g/mol. The van der Waals surface area contributed by atoms with Gasteiger partial charge < -0.3 is 8.94 Å². The molecule has 3 heterocycles. The van der Waals surface area contributed by atoms with Crippen molar-refractivity contribution < 1.29 is 26.1 Å². The van der Waals surface area contributed by atoms with Gasteiger partial charge in [0.2, 0.25) is 15.8 Å². The van der Waals surface area contributed by atoms with Crippen LogP contribution in [0.5, 0.6) is 0 Å². The van der Waals surface area contributed by atoms with Crippen molar-refractivity contribution in [3.8, 4) is 11.7 Å². The average molecular weight is 385 g/mol. The number of anilines is 1. The molecule has 3 rings (SSSR count). The fraction of sp³-hybridized carbons (Fsp3) is 0.286. The first kappa shape index (κ1) is 17.9. The van der Waals surface area contributed by atoms with Crippen LogP contribution >= 0.6 is 0 Å². The van der Waals surface area contributed by atoms with Gasteiger partial charge in [0.1, 0.15) is 5.69 Å². The summed E-state index contributed by atoms with van der Waals surface area (Å²) < 4.78 is 60.7. The summed E-state index contributed by atoms with van der Waals surface area (Å²) in [5.74, 6) is -1.29. The summed E-state index contributed by atoms with van der Waals surface area (Å²) in [7, 11) is -3.61. The second-order valence-electron chi connectivity index (χ2n) is 5.05. The first-order chi connectivity index (χ1) is 12.4. The molecule has 0 spiro atoms. The molecule has 26 heavy (non-hydrogen) atoms. The maximum atomic E-state index is 12.5. The fourth-order valence-corrected chi connectivity index (χ4v) is 3.13. The number of rotatable bonds is 7. The van der Waals surface area contributed by atoms with Crippen LogP contribution < -0.4 is 4.31 Å². The molecule has 12 heteroatoms. The van der Waals surface area contributed by atoms with Crippen molar-refractivity contribution in [1.82, 2.24) is 20.3 Å². The molecule has 0 saturated carbocycles. The van der Waals surface area contributed by atoms with Crippen molar-refractivity contribution in [2.45, 2.75) is 19.9 Å². The summed E-state index contributed by atoms with van der Waals surface area (Å²) in [6.45, 7) is 1.37. The molecule has 0 amide bonds. The zero-order valence-electron chi connectivity index (χ0n) is 13.4. The van der Waals surface area contributed by atoms with Crippen molar-refractivity contribution >= 4 is 15.7 Å². The van der Waals surface area contributed by atoms with Gasteiger partial charge in [0.05, 0.1) is 24.2 Å². The molecular weight excluding hydrogens is 372 g/mol. The highest BCUT2D eigenvalue weighted by Gasteiger charge is 2.24. The van der Waals surface area contributed by atoms with Crippen LogP contribution in [0, 0.1) is 0 Å². The molecule has 0 fully saturated rings. The minimum Gasteiger partial charge on any atom is -0.412 e. The Morgan fingerprint density at radius 1 is 1.31 bits per heavy atom. The maximum absolute atomic E-state index is 12.5. The largest absolute Gasteiger partial charge is 0.412 e. The Hall–Kier alpha value is -2.89. The lowest BCUT2D eigenvalue weighted by Gasteiger charge is -2.22. The van der Waals surface area contributed by atoms with E-state index in [-0.39, 0.29) is 29.6 Å². The third-order valence-corrected chi connectivity index (χ3v) is 5.08. The smallest absolute Gasteiger partial charge is 0.314 e. The second-order valence-corrected chi connectivity index (χ2v) is 7.23. The Morgan fingerprint density at radius 3 is 2.73 bits per heavy atom. The summed E-state index contributed by atoms with van der Waals surface area (Å²) >= 11 is 0. The van der Waals surface area contributed by atoms with Gasteiger partial charge in [-0.25, -0.2) is 8.42 Å². The van der Waals surface area contributed by atoms with Crippen LogP contribution in [0.4, 0.5) is 14.5 Å². The number of pyridine rings is 1. The average Bonchev–Trinajstić information content (AvgIpc) is 3.29. The van der Waals surface area contributed by atoms with Crippen LogP contribution in [0.25, 0.3) is 11.7 Å². The maximum Gasteiger partial charge on any atom is 0.314 e. The first-order valence-corrected chi connectivity index (χ1v) is 8.99. The predicted octanol–water partition coefficient (Wildman–Crippen LogP) is 2.41. The van der Waals surface area contributed by atoms with E-state index in [0.717, 1.165) is 4.31 Å². The minimum absolute atomic E-state index is 0.0422. The van der Waals surface area contributed by atoms with Crippen molar-refractivity contribution in [2.75, 3.05) is 10.1 Å². The van der Waals surface area contributed by atoms with Gasteiger partial charge in [-0.15, -0.1) is 10.2 Å². The number of halogens is 2. The number of hydrogen-bond acceptors (Lipinski definition) is 8. The molecule has 0 unspecified atom stereocenters. The Morgan fingerprint density at radius 2 is 2.12 bits per heavy atom. The summed E-state index contributed by atoms with van der Waals surface area (Å²) in [5.41, 5.74) is 0.592. The molecule has 0 radical (unpaired) electrons. The fourth-order valence-electron chi connectivity index (χ4n) is 2.06. The molecular formula is C14H13F2N5O4S. The van der Waals surface area contributed by atoms with Crippen molar-refractivity contribution in [1.29, 1.82) is 0 Å². The van der Waals surface area contributed by atoms with Gasteiger partial charge in [0.25, 0.3) is 11.8 Å². The Bertz CT molecular complexity index is 974. The van der Waals surface area contributed by atoms with Gasteiger partial charge in [-0.1, -0.05) is 5.16 Å². The Balaban J connectivity index is 1.87.